The van der Waals surface area contributed by atoms with E-state index in [0.29, 0.717) is 0 Å². The molecule has 11 heavy (non-hydrogen) atoms. The van der Waals surface area contributed by atoms with Crippen molar-refractivity contribution in [3.05, 3.63) is 29.6 Å². The molecular formula is C7H7NO3. The molecule has 0 unspecified atom stereocenters. The number of hydrogen-bond acceptors (Lipinski definition) is 3. The molecule has 0 aromatic carbocycles. The number of carboxylic acid groups (broad SMARTS) is 1. The fourth-order valence-corrected chi connectivity index (χ4v) is 0.759. The number of carboxylic acids is 1. The van der Waals surface area contributed by atoms with Crippen LogP contribution in [0.4, 0.5) is 0 Å². The van der Waals surface area contributed by atoms with Crippen molar-refractivity contribution in [2.75, 3.05) is 0 Å². The van der Waals surface area contributed by atoms with E-state index in [1.807, 2.05) is 0 Å². The van der Waals surface area contributed by atoms with Crippen molar-refractivity contribution in [1.29, 1.82) is 0 Å². The normalized spacial score (nSPS) is 9.55. The van der Waals surface area contributed by atoms with Crippen LogP contribution in [0.25, 0.3) is 0 Å². The third-order valence-corrected chi connectivity index (χ3v) is 1.27. The van der Waals surface area contributed by atoms with Crippen LogP contribution in [0, 0.1) is 0 Å². The first-order valence-corrected chi connectivity index (χ1v) is 3.03. The van der Waals surface area contributed by atoms with E-state index in [0.717, 1.165) is 0 Å². The Morgan fingerprint density at radius 1 is 1.64 bits per heavy atom. The van der Waals surface area contributed by atoms with Gasteiger partial charge in [0.25, 0.3) is 0 Å². The molecule has 0 spiro atoms. The standard InChI is InChI=1S/C7H7NO3/c9-4-6-5(7(10)11)2-1-3-8-6/h1-3,9H,4H2,(H,10,11). The largest absolute Gasteiger partial charge is 0.478 e. The van der Waals surface area contributed by atoms with Crippen molar-refractivity contribution >= 4 is 5.97 Å². The van der Waals surface area contributed by atoms with Crippen molar-refractivity contribution < 1.29 is 15.0 Å². The predicted octanol–water partition coefficient (Wildman–Crippen LogP) is 0.272. The Morgan fingerprint density at radius 3 is 2.82 bits per heavy atom. The minimum atomic E-state index is -1.07. The number of aliphatic hydroxyl groups is 1. The Labute approximate surface area is 63.1 Å². The monoisotopic (exact) mass is 153 g/mol. The van der Waals surface area contributed by atoms with Gasteiger partial charge in [-0.25, -0.2) is 4.79 Å². The van der Waals surface area contributed by atoms with E-state index >= 15 is 0 Å². The van der Waals surface area contributed by atoms with Gasteiger partial charge in [0.2, 0.25) is 0 Å². The SMILES string of the molecule is O=C(O)c1cccnc1CO. The van der Waals surface area contributed by atoms with Crippen LogP contribution in [0.3, 0.4) is 0 Å². The minimum Gasteiger partial charge on any atom is -0.478 e. The molecule has 0 atom stereocenters. The van der Waals surface area contributed by atoms with E-state index in [9.17, 15) is 4.79 Å². The third kappa shape index (κ3) is 1.53. The van der Waals surface area contributed by atoms with E-state index in [1.54, 1.807) is 0 Å². The summed E-state index contributed by atoms with van der Waals surface area (Å²) in [4.78, 5) is 14.1. The highest BCUT2D eigenvalue weighted by Gasteiger charge is 2.07. The third-order valence-electron chi connectivity index (χ3n) is 1.27. The fourth-order valence-electron chi connectivity index (χ4n) is 0.759. The average molecular weight is 153 g/mol. The summed E-state index contributed by atoms with van der Waals surface area (Å²) in [5.74, 6) is -1.07. The number of hydrogen-bond donors (Lipinski definition) is 2. The first kappa shape index (κ1) is 7.68. The molecule has 1 rings (SSSR count). The molecule has 1 aromatic heterocycles. The van der Waals surface area contributed by atoms with Crippen molar-refractivity contribution in [1.82, 2.24) is 4.98 Å². The number of pyridine rings is 1. The van der Waals surface area contributed by atoms with E-state index in [2.05, 4.69) is 4.98 Å². The zero-order valence-corrected chi connectivity index (χ0v) is 5.69. The van der Waals surface area contributed by atoms with Crippen LogP contribution in [0.1, 0.15) is 16.1 Å². The van der Waals surface area contributed by atoms with Gasteiger partial charge in [-0.15, -0.1) is 0 Å². The van der Waals surface area contributed by atoms with E-state index in [-0.39, 0.29) is 17.9 Å². The minimum absolute atomic E-state index is 0.0509. The number of aliphatic hydroxyl groups excluding tert-OH is 1. The summed E-state index contributed by atoms with van der Waals surface area (Å²) in [6.07, 6.45) is 1.44. The van der Waals surface area contributed by atoms with E-state index in [4.69, 9.17) is 10.2 Å². The van der Waals surface area contributed by atoms with Gasteiger partial charge in [-0.05, 0) is 12.1 Å². The van der Waals surface area contributed by atoms with Gasteiger partial charge in [-0.2, -0.15) is 0 Å². The lowest BCUT2D eigenvalue weighted by Crippen LogP contribution is -2.03. The highest BCUT2D eigenvalue weighted by molar-refractivity contribution is 5.88. The van der Waals surface area contributed by atoms with Gasteiger partial charge in [-0.3, -0.25) is 4.98 Å². The molecule has 1 aromatic rings. The molecule has 1 heterocycles. The zero-order valence-electron chi connectivity index (χ0n) is 5.69. The summed E-state index contributed by atoms with van der Waals surface area (Å²) >= 11 is 0. The Hall–Kier alpha value is -1.42. The van der Waals surface area contributed by atoms with Crippen LogP contribution in [0.15, 0.2) is 18.3 Å². The Kier molecular flexibility index (Phi) is 2.18. The molecule has 2 N–H and O–H groups in total. The zero-order chi connectivity index (χ0) is 8.27. The number of nitrogens with zero attached hydrogens (tertiary/aromatic N) is 1. The fraction of sp³-hybridized carbons (Fsp3) is 0.143. The summed E-state index contributed by atoms with van der Waals surface area (Å²) in [6.45, 7) is -0.345. The van der Waals surface area contributed by atoms with Crippen LogP contribution in [0.5, 0.6) is 0 Å². The van der Waals surface area contributed by atoms with Crippen LogP contribution >= 0.6 is 0 Å². The van der Waals surface area contributed by atoms with Gasteiger partial charge in [0.15, 0.2) is 0 Å². The van der Waals surface area contributed by atoms with Crippen molar-refractivity contribution in [2.24, 2.45) is 0 Å². The van der Waals surface area contributed by atoms with Gasteiger partial charge in [0, 0.05) is 6.20 Å². The molecule has 0 aliphatic carbocycles. The summed E-state index contributed by atoms with van der Waals surface area (Å²) in [6, 6.07) is 2.92. The molecule has 58 valence electrons. The quantitative estimate of drug-likeness (QED) is 0.639. The second-order valence-corrected chi connectivity index (χ2v) is 1.96. The number of aromatic nitrogens is 1. The first-order chi connectivity index (χ1) is 5.25. The number of rotatable bonds is 2. The first-order valence-electron chi connectivity index (χ1n) is 3.03. The smallest absolute Gasteiger partial charge is 0.337 e. The van der Waals surface area contributed by atoms with Crippen molar-refractivity contribution in [2.45, 2.75) is 6.61 Å². The summed E-state index contributed by atoms with van der Waals surface area (Å²) in [5, 5.41) is 17.2. The second-order valence-electron chi connectivity index (χ2n) is 1.96. The maximum atomic E-state index is 10.4. The van der Waals surface area contributed by atoms with Gasteiger partial charge in [0.1, 0.15) is 0 Å². The molecule has 0 bridgehead atoms. The maximum Gasteiger partial charge on any atom is 0.337 e. The second kappa shape index (κ2) is 3.12. The highest BCUT2D eigenvalue weighted by atomic mass is 16.4. The summed E-state index contributed by atoms with van der Waals surface area (Å²) in [5.41, 5.74) is 0.245. The Balaban J connectivity index is 3.12. The van der Waals surface area contributed by atoms with Gasteiger partial charge in [0.05, 0.1) is 17.9 Å². The van der Waals surface area contributed by atoms with Crippen LogP contribution in [-0.4, -0.2) is 21.2 Å². The maximum absolute atomic E-state index is 10.4. The molecule has 0 radical (unpaired) electrons. The Bertz CT molecular complexity index is 272. The lowest BCUT2D eigenvalue weighted by Gasteiger charge is -1.98. The van der Waals surface area contributed by atoms with Crippen molar-refractivity contribution in [3.8, 4) is 0 Å². The molecule has 4 heteroatoms. The molecule has 0 amide bonds. The lowest BCUT2D eigenvalue weighted by atomic mass is 10.2. The van der Waals surface area contributed by atoms with E-state index in [1.165, 1.54) is 18.3 Å². The van der Waals surface area contributed by atoms with E-state index < -0.39 is 5.97 Å². The topological polar surface area (TPSA) is 70.4 Å². The average Bonchev–Trinajstić information content (AvgIpc) is 2.04. The molecule has 4 nitrogen and oxygen atoms in total. The lowest BCUT2D eigenvalue weighted by molar-refractivity contribution is 0.0692. The molecule has 0 saturated carbocycles. The van der Waals surface area contributed by atoms with Gasteiger partial charge in [-0.1, -0.05) is 0 Å². The number of aromatic carboxylic acids is 1. The van der Waals surface area contributed by atoms with Crippen LogP contribution in [0.2, 0.25) is 0 Å². The van der Waals surface area contributed by atoms with Crippen molar-refractivity contribution in [3.63, 3.8) is 0 Å². The van der Waals surface area contributed by atoms with Crippen LogP contribution in [-0.2, 0) is 6.61 Å². The van der Waals surface area contributed by atoms with Gasteiger partial charge >= 0.3 is 5.97 Å². The molecule has 0 saturated heterocycles. The van der Waals surface area contributed by atoms with Gasteiger partial charge < -0.3 is 10.2 Å². The molecule has 0 aliphatic heterocycles. The highest BCUT2D eigenvalue weighted by Crippen LogP contribution is 2.03. The number of carbonyl (C=O) groups is 1. The molecular weight excluding hydrogens is 146 g/mol. The Morgan fingerprint density at radius 2 is 2.36 bits per heavy atom. The predicted molar refractivity (Wildman–Crippen MR) is 37.1 cm³/mol. The van der Waals surface area contributed by atoms with Crippen LogP contribution < -0.4 is 0 Å². The summed E-state index contributed by atoms with van der Waals surface area (Å²) < 4.78 is 0. The molecule has 0 aliphatic rings. The molecule has 0 fully saturated rings. The summed E-state index contributed by atoms with van der Waals surface area (Å²) in [7, 11) is 0.